The molecule has 0 heterocycles. The molecule has 1 aliphatic carbocycles. The summed E-state index contributed by atoms with van der Waals surface area (Å²) < 4.78 is 39.0. The van der Waals surface area contributed by atoms with E-state index in [0.29, 0.717) is 18.8 Å². The second-order valence-corrected chi connectivity index (χ2v) is 5.22. The van der Waals surface area contributed by atoms with E-state index in [-0.39, 0.29) is 5.56 Å². The van der Waals surface area contributed by atoms with E-state index in [1.54, 1.807) is 6.07 Å². The third-order valence-corrected chi connectivity index (χ3v) is 4.00. The van der Waals surface area contributed by atoms with E-state index >= 15 is 0 Å². The minimum absolute atomic E-state index is 0.258. The maximum Gasteiger partial charge on any atom is 0.416 e. The van der Waals surface area contributed by atoms with Gasteiger partial charge in [0.2, 0.25) is 0 Å². The summed E-state index contributed by atoms with van der Waals surface area (Å²) in [7, 11) is 0. The molecule has 1 aromatic carbocycles. The quantitative estimate of drug-likeness (QED) is 0.849. The van der Waals surface area contributed by atoms with Crippen LogP contribution >= 0.6 is 0 Å². The topological polar surface area (TPSA) is 26.0 Å². The van der Waals surface area contributed by atoms with Crippen molar-refractivity contribution < 1.29 is 13.2 Å². The molecule has 1 saturated carbocycles. The van der Waals surface area contributed by atoms with Crippen molar-refractivity contribution in [3.63, 3.8) is 0 Å². The Morgan fingerprint density at radius 2 is 2.00 bits per heavy atom. The molecule has 18 heavy (non-hydrogen) atoms. The monoisotopic (exact) mass is 257 g/mol. The lowest BCUT2D eigenvalue weighted by Crippen LogP contribution is -2.36. The smallest absolute Gasteiger partial charge is 0.321 e. The molecule has 0 bridgehead atoms. The average Bonchev–Trinajstić information content (AvgIpc) is 2.71. The van der Waals surface area contributed by atoms with Gasteiger partial charge in [-0.2, -0.15) is 13.2 Å². The number of alkyl halides is 3. The zero-order valence-corrected chi connectivity index (χ0v) is 10.4. The van der Waals surface area contributed by atoms with E-state index in [1.165, 1.54) is 12.1 Å². The van der Waals surface area contributed by atoms with Gasteiger partial charge in [-0.25, -0.2) is 0 Å². The van der Waals surface area contributed by atoms with Crippen molar-refractivity contribution in [3.8, 4) is 0 Å². The summed E-state index contributed by atoms with van der Waals surface area (Å²) in [5.74, 6) is 0.441. The highest BCUT2D eigenvalue weighted by Crippen LogP contribution is 2.45. The fraction of sp³-hybridized carbons (Fsp3) is 0.571. The molecule has 2 N–H and O–H groups in total. The molecule has 1 aliphatic rings. The number of rotatable bonds is 2. The largest absolute Gasteiger partial charge is 0.416 e. The van der Waals surface area contributed by atoms with Crippen molar-refractivity contribution in [2.24, 2.45) is 11.7 Å². The molecule has 1 aromatic rings. The maximum absolute atomic E-state index is 13.0. The second-order valence-electron chi connectivity index (χ2n) is 5.22. The summed E-state index contributed by atoms with van der Waals surface area (Å²) in [6.45, 7) is 2.06. The Labute approximate surface area is 105 Å². The van der Waals surface area contributed by atoms with E-state index in [9.17, 15) is 13.2 Å². The molecule has 2 rings (SSSR count). The summed E-state index contributed by atoms with van der Waals surface area (Å²) in [5.41, 5.74) is 5.11. The molecule has 0 amide bonds. The molecular formula is C14H18F3N. The second kappa shape index (κ2) is 4.57. The Kier molecular flexibility index (Phi) is 3.41. The van der Waals surface area contributed by atoms with Gasteiger partial charge in [0.15, 0.2) is 0 Å². The minimum atomic E-state index is -4.33. The molecule has 0 radical (unpaired) electrons. The first kappa shape index (κ1) is 13.4. The van der Waals surface area contributed by atoms with Crippen LogP contribution in [0.5, 0.6) is 0 Å². The third kappa shape index (κ3) is 2.39. The summed E-state index contributed by atoms with van der Waals surface area (Å²) in [5, 5.41) is 0. The molecule has 0 saturated heterocycles. The molecule has 1 fully saturated rings. The predicted octanol–water partition coefficient (Wildman–Crippen LogP) is 4.07. The Morgan fingerprint density at radius 1 is 1.33 bits per heavy atom. The molecule has 1 nitrogen and oxygen atoms in total. The average molecular weight is 257 g/mol. The first-order valence-corrected chi connectivity index (χ1v) is 6.32. The van der Waals surface area contributed by atoms with Crippen LogP contribution in [-0.4, -0.2) is 0 Å². The van der Waals surface area contributed by atoms with Crippen LogP contribution < -0.4 is 5.73 Å². The fourth-order valence-corrected chi connectivity index (χ4v) is 2.94. The normalized spacial score (nSPS) is 28.6. The highest BCUT2D eigenvalue weighted by atomic mass is 19.4. The first-order chi connectivity index (χ1) is 8.37. The molecule has 2 unspecified atom stereocenters. The molecule has 0 spiro atoms. The van der Waals surface area contributed by atoms with E-state index in [1.807, 2.05) is 0 Å². The molecule has 0 aliphatic heterocycles. The van der Waals surface area contributed by atoms with Crippen LogP contribution in [-0.2, 0) is 11.7 Å². The van der Waals surface area contributed by atoms with E-state index in [2.05, 4.69) is 6.92 Å². The standard InChI is InChI=1S/C14H18F3N/c1-2-10-7-8-13(18,9-10)11-5-3-4-6-12(11)14(15,16)17/h3-6,10H,2,7-9,18H2,1H3. The molecule has 100 valence electrons. The van der Waals surface area contributed by atoms with Gasteiger partial charge in [0, 0.05) is 5.54 Å². The van der Waals surface area contributed by atoms with Crippen LogP contribution in [0, 0.1) is 5.92 Å². The maximum atomic E-state index is 13.0. The zero-order valence-electron chi connectivity index (χ0n) is 10.4. The number of hydrogen-bond acceptors (Lipinski definition) is 1. The summed E-state index contributed by atoms with van der Waals surface area (Å²) in [6.07, 6.45) is -1.14. The number of benzene rings is 1. The molecular weight excluding hydrogens is 239 g/mol. The zero-order chi connectivity index (χ0) is 13.4. The molecule has 4 heteroatoms. The Balaban J connectivity index is 2.40. The van der Waals surface area contributed by atoms with Crippen LogP contribution in [0.4, 0.5) is 13.2 Å². The van der Waals surface area contributed by atoms with Gasteiger partial charge in [0.25, 0.3) is 0 Å². The minimum Gasteiger partial charge on any atom is -0.321 e. The van der Waals surface area contributed by atoms with Gasteiger partial charge in [-0.3, -0.25) is 0 Å². The van der Waals surface area contributed by atoms with Crippen molar-refractivity contribution in [2.45, 2.75) is 44.3 Å². The summed E-state index contributed by atoms with van der Waals surface area (Å²) >= 11 is 0. The van der Waals surface area contributed by atoms with Crippen molar-refractivity contribution in [1.82, 2.24) is 0 Å². The first-order valence-electron chi connectivity index (χ1n) is 6.32. The van der Waals surface area contributed by atoms with Crippen LogP contribution in [0.1, 0.15) is 43.7 Å². The van der Waals surface area contributed by atoms with E-state index < -0.39 is 17.3 Å². The van der Waals surface area contributed by atoms with Gasteiger partial charge in [-0.1, -0.05) is 31.5 Å². The lowest BCUT2D eigenvalue weighted by molar-refractivity contribution is -0.138. The van der Waals surface area contributed by atoms with Gasteiger partial charge >= 0.3 is 6.18 Å². The number of hydrogen-bond donors (Lipinski definition) is 1. The lowest BCUT2D eigenvalue weighted by Gasteiger charge is -2.28. The van der Waals surface area contributed by atoms with E-state index in [0.717, 1.165) is 18.9 Å². The van der Waals surface area contributed by atoms with Crippen LogP contribution in [0.2, 0.25) is 0 Å². The van der Waals surface area contributed by atoms with Gasteiger partial charge in [0.1, 0.15) is 0 Å². The van der Waals surface area contributed by atoms with Gasteiger partial charge in [0.05, 0.1) is 5.56 Å². The van der Waals surface area contributed by atoms with Gasteiger partial charge < -0.3 is 5.73 Å². The highest BCUT2D eigenvalue weighted by Gasteiger charge is 2.43. The van der Waals surface area contributed by atoms with Gasteiger partial charge in [-0.05, 0) is 36.8 Å². The van der Waals surface area contributed by atoms with Crippen molar-refractivity contribution in [3.05, 3.63) is 35.4 Å². The highest BCUT2D eigenvalue weighted by molar-refractivity contribution is 5.36. The van der Waals surface area contributed by atoms with Gasteiger partial charge in [-0.15, -0.1) is 0 Å². The van der Waals surface area contributed by atoms with Crippen molar-refractivity contribution in [2.75, 3.05) is 0 Å². The van der Waals surface area contributed by atoms with Crippen LogP contribution in [0.3, 0.4) is 0 Å². The third-order valence-electron chi connectivity index (χ3n) is 4.00. The Morgan fingerprint density at radius 3 is 2.56 bits per heavy atom. The summed E-state index contributed by atoms with van der Waals surface area (Å²) in [6, 6.07) is 5.71. The molecule has 0 aromatic heterocycles. The van der Waals surface area contributed by atoms with Crippen molar-refractivity contribution in [1.29, 1.82) is 0 Å². The lowest BCUT2D eigenvalue weighted by atomic mass is 9.84. The number of halogens is 3. The SMILES string of the molecule is CCC1CCC(N)(c2ccccc2C(F)(F)F)C1. The van der Waals surface area contributed by atoms with Crippen LogP contribution in [0.15, 0.2) is 24.3 Å². The fourth-order valence-electron chi connectivity index (χ4n) is 2.94. The summed E-state index contributed by atoms with van der Waals surface area (Å²) in [4.78, 5) is 0. The number of nitrogens with two attached hydrogens (primary N) is 1. The molecule has 2 atom stereocenters. The van der Waals surface area contributed by atoms with Crippen molar-refractivity contribution >= 4 is 0 Å². The Bertz CT molecular complexity index is 427. The van der Waals surface area contributed by atoms with E-state index in [4.69, 9.17) is 5.73 Å². The Hall–Kier alpha value is -1.03. The van der Waals surface area contributed by atoms with Crippen LogP contribution in [0.25, 0.3) is 0 Å². The predicted molar refractivity (Wildman–Crippen MR) is 64.9 cm³/mol.